The lowest BCUT2D eigenvalue weighted by molar-refractivity contribution is 0.403. The number of rotatable bonds is 4. The highest BCUT2D eigenvalue weighted by Crippen LogP contribution is 2.31. The van der Waals surface area contributed by atoms with Gasteiger partial charge in [-0.2, -0.15) is 0 Å². The molecule has 204 valence electrons. The lowest BCUT2D eigenvalue weighted by Gasteiger charge is -2.24. The molecule has 0 aliphatic carbocycles. The van der Waals surface area contributed by atoms with Gasteiger partial charge in [0.2, 0.25) is 0 Å². The van der Waals surface area contributed by atoms with E-state index in [9.17, 15) is 0 Å². The van der Waals surface area contributed by atoms with Gasteiger partial charge >= 0.3 is 0 Å². The van der Waals surface area contributed by atoms with E-state index in [1.807, 2.05) is 0 Å². The van der Waals surface area contributed by atoms with Crippen LogP contribution >= 0.6 is 24.8 Å². The van der Waals surface area contributed by atoms with E-state index in [4.69, 9.17) is 0 Å². The largest absolute Gasteiger partial charge is 0.412 e. The molecule has 6 rings (SSSR count). The molecule has 0 spiro atoms. The summed E-state index contributed by atoms with van der Waals surface area (Å²) < 4.78 is 4.56. The predicted molar refractivity (Wildman–Crippen MR) is 154 cm³/mol. The van der Waals surface area contributed by atoms with E-state index < -0.39 is 0 Å². The van der Waals surface area contributed by atoms with E-state index in [2.05, 4.69) is 103 Å². The van der Waals surface area contributed by atoms with Crippen LogP contribution in [0.15, 0.2) is 25.0 Å². The van der Waals surface area contributed by atoms with E-state index in [0.717, 1.165) is 61.9 Å². The van der Waals surface area contributed by atoms with Gasteiger partial charge in [-0.25, -0.2) is 19.9 Å². The molecule has 2 aliphatic heterocycles. The van der Waals surface area contributed by atoms with Crippen molar-refractivity contribution in [2.24, 2.45) is 0 Å². The number of hydrogen-bond acceptors (Lipinski definition) is 8. The minimum atomic E-state index is 0. The Labute approximate surface area is 230 Å². The van der Waals surface area contributed by atoms with Crippen LogP contribution in [-0.2, 0) is 26.2 Å². The normalized spacial score (nSPS) is 13.7. The molecular formula is C24H38Cl2N10O. The maximum Gasteiger partial charge on any atom is 0.156 e. The molecule has 4 aromatic rings. The minimum Gasteiger partial charge on any atom is -0.412 e. The standard InChI is InChI=1S/2C12H17N5.2ClH.H2O/c2*1-15(2)6-9-7-17-5-4-16(3)12-11(17)10(9)13-8-14-12;;;/h2*7-8H,4-6H2,1-3H3;2*1H;1H2. The van der Waals surface area contributed by atoms with Crippen LogP contribution in [0.2, 0.25) is 0 Å². The summed E-state index contributed by atoms with van der Waals surface area (Å²) in [5, 5.41) is 0. The summed E-state index contributed by atoms with van der Waals surface area (Å²) in [6.45, 7) is 5.89. The molecule has 0 amide bonds. The van der Waals surface area contributed by atoms with Gasteiger partial charge in [0, 0.05) is 76.9 Å². The molecule has 37 heavy (non-hydrogen) atoms. The zero-order valence-electron chi connectivity index (χ0n) is 22.3. The van der Waals surface area contributed by atoms with Crippen LogP contribution in [0.25, 0.3) is 22.1 Å². The zero-order valence-corrected chi connectivity index (χ0v) is 24.0. The Kier molecular flexibility index (Phi) is 10.1. The van der Waals surface area contributed by atoms with E-state index in [-0.39, 0.29) is 30.3 Å². The first-order valence-corrected chi connectivity index (χ1v) is 11.7. The third-order valence-corrected chi connectivity index (χ3v) is 6.46. The predicted octanol–water partition coefficient (Wildman–Crippen LogP) is 1.90. The number of anilines is 2. The van der Waals surface area contributed by atoms with Gasteiger partial charge in [0.25, 0.3) is 0 Å². The Bertz CT molecular complexity index is 1230. The molecule has 0 radical (unpaired) electrons. The molecule has 2 N–H and O–H groups in total. The van der Waals surface area contributed by atoms with Crippen molar-refractivity contribution in [3.63, 3.8) is 0 Å². The molecular weight excluding hydrogens is 515 g/mol. The smallest absolute Gasteiger partial charge is 0.156 e. The van der Waals surface area contributed by atoms with Crippen molar-refractivity contribution < 1.29 is 5.48 Å². The Morgan fingerprint density at radius 1 is 0.649 bits per heavy atom. The molecule has 0 aromatic carbocycles. The second-order valence-electron chi connectivity index (χ2n) is 9.80. The molecule has 11 nitrogen and oxygen atoms in total. The van der Waals surface area contributed by atoms with Crippen molar-refractivity contribution >= 4 is 58.5 Å². The van der Waals surface area contributed by atoms with Gasteiger partial charge in [0.1, 0.15) is 23.7 Å². The number of likely N-dealkylation sites (N-methyl/N-ethyl adjacent to an activating group) is 2. The van der Waals surface area contributed by atoms with Crippen molar-refractivity contribution in [1.82, 2.24) is 38.9 Å². The fourth-order valence-electron chi connectivity index (χ4n) is 4.92. The summed E-state index contributed by atoms with van der Waals surface area (Å²) in [7, 11) is 12.5. The lowest BCUT2D eigenvalue weighted by atomic mass is 10.2. The lowest BCUT2D eigenvalue weighted by Crippen LogP contribution is -2.28. The van der Waals surface area contributed by atoms with Crippen LogP contribution < -0.4 is 9.80 Å². The molecule has 4 aromatic heterocycles. The summed E-state index contributed by atoms with van der Waals surface area (Å²) in [6, 6.07) is 0. The van der Waals surface area contributed by atoms with E-state index in [1.165, 1.54) is 22.2 Å². The van der Waals surface area contributed by atoms with E-state index in [1.54, 1.807) is 12.7 Å². The molecule has 13 heteroatoms. The average Bonchev–Trinajstić information content (AvgIpc) is 3.33. The monoisotopic (exact) mass is 552 g/mol. The van der Waals surface area contributed by atoms with E-state index >= 15 is 0 Å². The van der Waals surface area contributed by atoms with Crippen LogP contribution in [0, 0.1) is 0 Å². The number of halogens is 2. The van der Waals surface area contributed by atoms with Crippen LogP contribution in [0.5, 0.6) is 0 Å². The molecule has 6 heterocycles. The maximum absolute atomic E-state index is 4.45. The van der Waals surface area contributed by atoms with Crippen LogP contribution in [0.1, 0.15) is 11.1 Å². The van der Waals surface area contributed by atoms with Crippen molar-refractivity contribution in [3.8, 4) is 0 Å². The van der Waals surface area contributed by atoms with Crippen molar-refractivity contribution in [3.05, 3.63) is 36.2 Å². The first kappa shape index (κ1) is 30.5. The minimum absolute atomic E-state index is 0. The van der Waals surface area contributed by atoms with Gasteiger partial charge in [0.05, 0.1) is 11.0 Å². The maximum atomic E-state index is 4.45. The second-order valence-corrected chi connectivity index (χ2v) is 9.80. The van der Waals surface area contributed by atoms with Crippen LogP contribution in [0.3, 0.4) is 0 Å². The zero-order chi connectivity index (χ0) is 24.0. The molecule has 0 saturated carbocycles. The highest BCUT2D eigenvalue weighted by molar-refractivity contribution is 5.91. The molecule has 0 bridgehead atoms. The Balaban J connectivity index is 0.000000241. The fourth-order valence-corrected chi connectivity index (χ4v) is 4.92. The van der Waals surface area contributed by atoms with Gasteiger partial charge < -0.3 is 34.2 Å². The quantitative estimate of drug-likeness (QED) is 0.378. The summed E-state index contributed by atoms with van der Waals surface area (Å²) in [6.07, 6.45) is 7.78. The van der Waals surface area contributed by atoms with E-state index in [0.29, 0.717) is 0 Å². The van der Waals surface area contributed by atoms with Gasteiger partial charge in [-0.15, -0.1) is 24.8 Å². The molecule has 0 fully saturated rings. The van der Waals surface area contributed by atoms with Crippen LogP contribution in [0.4, 0.5) is 11.6 Å². The summed E-state index contributed by atoms with van der Waals surface area (Å²) >= 11 is 0. The first-order chi connectivity index (χ1) is 16.3. The third kappa shape index (κ3) is 5.75. The summed E-state index contributed by atoms with van der Waals surface area (Å²) in [5.41, 5.74) is 7.11. The van der Waals surface area contributed by atoms with Crippen molar-refractivity contribution in [1.29, 1.82) is 0 Å². The van der Waals surface area contributed by atoms with Gasteiger partial charge in [0.15, 0.2) is 11.6 Å². The Hall–Kier alpha value is -2.70. The summed E-state index contributed by atoms with van der Waals surface area (Å²) in [5.74, 6) is 2.09. The third-order valence-electron chi connectivity index (χ3n) is 6.46. The van der Waals surface area contributed by atoms with Crippen LogP contribution in [-0.4, -0.2) is 99.7 Å². The number of nitrogens with zero attached hydrogens (tertiary/aromatic N) is 10. The van der Waals surface area contributed by atoms with Crippen molar-refractivity contribution in [2.45, 2.75) is 26.2 Å². The van der Waals surface area contributed by atoms with Gasteiger partial charge in [-0.3, -0.25) is 0 Å². The van der Waals surface area contributed by atoms with Gasteiger partial charge in [-0.1, -0.05) is 0 Å². The van der Waals surface area contributed by atoms with Crippen molar-refractivity contribution in [2.75, 3.05) is 65.2 Å². The first-order valence-electron chi connectivity index (χ1n) is 11.7. The molecule has 0 unspecified atom stereocenters. The molecule has 0 saturated heterocycles. The average molecular weight is 554 g/mol. The molecule has 2 aliphatic rings. The second kappa shape index (κ2) is 12.2. The Morgan fingerprint density at radius 2 is 1.03 bits per heavy atom. The topological polar surface area (TPSA) is 106 Å². The SMILES string of the molecule is CN(C)Cc1cn2c3c(ncnc13)N(C)CC2.CN(C)Cc1cn2c3c(ncnc13)N(C)CC2.Cl.Cl.O. The summed E-state index contributed by atoms with van der Waals surface area (Å²) in [4.78, 5) is 26.4. The van der Waals surface area contributed by atoms with Gasteiger partial charge in [-0.05, 0) is 28.2 Å². The molecule has 0 atom stereocenters. The highest BCUT2D eigenvalue weighted by atomic mass is 35.5. The number of hydrogen-bond donors (Lipinski definition) is 0. The number of aromatic nitrogens is 6. The fraction of sp³-hybridized carbons (Fsp3) is 0.500. The highest BCUT2D eigenvalue weighted by Gasteiger charge is 2.22. The Morgan fingerprint density at radius 3 is 1.38 bits per heavy atom.